The van der Waals surface area contributed by atoms with Gasteiger partial charge in [-0.1, -0.05) is 55.3 Å². The van der Waals surface area contributed by atoms with Crippen molar-refractivity contribution in [2.45, 2.75) is 43.0 Å². The molecule has 2 aliphatic rings. The number of methoxy groups -OCH3 is 1. The van der Waals surface area contributed by atoms with Crippen LogP contribution in [0.5, 0.6) is 5.75 Å². The van der Waals surface area contributed by atoms with E-state index in [0.717, 1.165) is 42.5 Å². The smallest absolute Gasteiger partial charge is 0.338 e. The van der Waals surface area contributed by atoms with Gasteiger partial charge in [0.1, 0.15) is 5.75 Å². The molecule has 214 valence electrons. The van der Waals surface area contributed by atoms with Gasteiger partial charge in [-0.05, 0) is 60.4 Å². The van der Waals surface area contributed by atoms with E-state index in [2.05, 4.69) is 5.10 Å². The molecule has 41 heavy (non-hydrogen) atoms. The number of benzene rings is 3. The summed E-state index contributed by atoms with van der Waals surface area (Å²) in [4.78, 5) is 26.2. The van der Waals surface area contributed by atoms with Crippen LogP contribution in [0.15, 0.2) is 88.9 Å². The molecule has 3 aromatic rings. The van der Waals surface area contributed by atoms with Gasteiger partial charge in [0.2, 0.25) is 10.0 Å². The molecule has 3 aromatic carbocycles. The van der Waals surface area contributed by atoms with Gasteiger partial charge in [0.15, 0.2) is 6.61 Å². The van der Waals surface area contributed by atoms with Crippen LogP contribution in [0.25, 0.3) is 0 Å². The van der Waals surface area contributed by atoms with Crippen molar-refractivity contribution in [2.75, 3.05) is 26.8 Å². The second-order valence-electron chi connectivity index (χ2n) is 10.1. The molecule has 0 bridgehead atoms. The normalized spacial score (nSPS) is 17.9. The van der Waals surface area contributed by atoms with Crippen LogP contribution in [0, 0.1) is 0 Å². The fraction of sp³-hybridized carbons (Fsp3) is 0.323. The van der Waals surface area contributed by atoms with Crippen LogP contribution >= 0.6 is 0 Å². The molecule has 2 heterocycles. The van der Waals surface area contributed by atoms with Gasteiger partial charge >= 0.3 is 5.97 Å². The van der Waals surface area contributed by atoms with Crippen molar-refractivity contribution in [1.29, 1.82) is 0 Å². The van der Waals surface area contributed by atoms with E-state index in [0.29, 0.717) is 25.3 Å². The Bertz CT molecular complexity index is 1500. The number of amides is 1. The molecule has 0 radical (unpaired) electrons. The molecule has 0 aliphatic carbocycles. The van der Waals surface area contributed by atoms with Gasteiger partial charge < -0.3 is 9.47 Å². The van der Waals surface area contributed by atoms with Gasteiger partial charge in [-0.3, -0.25) is 4.79 Å². The summed E-state index contributed by atoms with van der Waals surface area (Å²) in [5, 5.41) is 5.97. The lowest BCUT2D eigenvalue weighted by Gasteiger charge is -2.22. The van der Waals surface area contributed by atoms with Gasteiger partial charge in [0.25, 0.3) is 5.91 Å². The molecule has 5 rings (SSSR count). The third-order valence-electron chi connectivity index (χ3n) is 7.39. The number of hydrazone groups is 1. The van der Waals surface area contributed by atoms with E-state index in [1.165, 1.54) is 33.6 Å². The molecular weight excluding hydrogens is 542 g/mol. The number of carbonyl (C=O) groups excluding carboxylic acids is 2. The van der Waals surface area contributed by atoms with Gasteiger partial charge in [0, 0.05) is 19.5 Å². The summed E-state index contributed by atoms with van der Waals surface area (Å²) in [6, 6.07) is 22.3. The molecule has 0 aromatic heterocycles. The standard InChI is InChI=1S/C31H33N3O6S/c1-39-26-15-11-24(12-16-26)29-21-28(23-9-5-4-6-10-23)32-34(29)30(35)22-40-31(36)25-13-17-27(18-14-25)41(37,38)33-19-7-2-3-8-20-33/h4-6,9-18,29H,2-3,7-8,19-22H2,1H3. The molecule has 0 saturated carbocycles. The molecule has 1 unspecified atom stereocenters. The zero-order valence-corrected chi connectivity index (χ0v) is 23.8. The predicted octanol–water partition coefficient (Wildman–Crippen LogP) is 4.79. The first kappa shape index (κ1) is 28.5. The lowest BCUT2D eigenvalue weighted by Crippen LogP contribution is -2.32. The lowest BCUT2D eigenvalue weighted by atomic mass is 9.98. The van der Waals surface area contributed by atoms with Crippen molar-refractivity contribution in [2.24, 2.45) is 5.10 Å². The maximum atomic E-state index is 13.3. The van der Waals surface area contributed by atoms with Crippen LogP contribution in [0.4, 0.5) is 0 Å². The maximum absolute atomic E-state index is 13.3. The van der Waals surface area contributed by atoms with E-state index in [1.807, 2.05) is 54.6 Å². The Balaban J connectivity index is 1.27. The van der Waals surface area contributed by atoms with Crippen molar-refractivity contribution in [3.8, 4) is 5.75 Å². The van der Waals surface area contributed by atoms with E-state index >= 15 is 0 Å². The SMILES string of the molecule is COc1ccc(C2CC(c3ccccc3)=NN2C(=O)COC(=O)c2ccc(S(=O)(=O)N3CCCCCC3)cc2)cc1. The zero-order chi connectivity index (χ0) is 28.8. The summed E-state index contributed by atoms with van der Waals surface area (Å²) in [5.74, 6) is -0.483. The molecular formula is C31H33N3O6S. The summed E-state index contributed by atoms with van der Waals surface area (Å²) in [6.07, 6.45) is 4.22. The number of hydrogen-bond donors (Lipinski definition) is 0. The zero-order valence-electron chi connectivity index (χ0n) is 22.9. The second kappa shape index (κ2) is 12.7. The highest BCUT2D eigenvalue weighted by molar-refractivity contribution is 7.89. The highest BCUT2D eigenvalue weighted by Gasteiger charge is 2.34. The Morgan fingerprint density at radius 3 is 2.17 bits per heavy atom. The first-order valence-corrected chi connectivity index (χ1v) is 15.2. The lowest BCUT2D eigenvalue weighted by molar-refractivity contribution is -0.136. The summed E-state index contributed by atoms with van der Waals surface area (Å²) in [5.41, 5.74) is 2.71. The molecule has 1 atom stereocenters. The molecule has 1 fully saturated rings. The van der Waals surface area contributed by atoms with Gasteiger partial charge in [-0.15, -0.1) is 0 Å². The molecule has 10 heteroatoms. The number of hydrogen-bond acceptors (Lipinski definition) is 7. The van der Waals surface area contributed by atoms with Crippen LogP contribution in [0.1, 0.15) is 59.6 Å². The predicted molar refractivity (Wildman–Crippen MR) is 154 cm³/mol. The minimum Gasteiger partial charge on any atom is -0.497 e. The first-order chi connectivity index (χ1) is 19.9. The quantitative estimate of drug-likeness (QED) is 0.358. The van der Waals surface area contributed by atoms with Crippen molar-refractivity contribution in [1.82, 2.24) is 9.31 Å². The Morgan fingerprint density at radius 2 is 1.54 bits per heavy atom. The Kier molecular flexibility index (Phi) is 8.80. The third-order valence-corrected chi connectivity index (χ3v) is 9.31. The van der Waals surface area contributed by atoms with E-state index in [9.17, 15) is 18.0 Å². The minimum atomic E-state index is -3.63. The van der Waals surface area contributed by atoms with Crippen LogP contribution in [0.3, 0.4) is 0 Å². The van der Waals surface area contributed by atoms with Gasteiger partial charge in [-0.2, -0.15) is 9.41 Å². The molecule has 2 aliphatic heterocycles. The Morgan fingerprint density at radius 1 is 0.878 bits per heavy atom. The van der Waals surface area contributed by atoms with Crippen LogP contribution in [-0.4, -0.2) is 62.1 Å². The number of esters is 1. The summed E-state index contributed by atoms with van der Waals surface area (Å²) >= 11 is 0. The van der Waals surface area contributed by atoms with Crippen molar-refractivity contribution < 1.29 is 27.5 Å². The summed E-state index contributed by atoms with van der Waals surface area (Å²) in [7, 11) is -2.04. The number of rotatable bonds is 8. The highest BCUT2D eigenvalue weighted by Crippen LogP contribution is 2.33. The number of carbonyl (C=O) groups is 2. The van der Waals surface area contributed by atoms with Crippen molar-refractivity contribution in [3.63, 3.8) is 0 Å². The van der Waals surface area contributed by atoms with E-state index in [-0.39, 0.29) is 16.5 Å². The fourth-order valence-corrected chi connectivity index (χ4v) is 6.62. The third kappa shape index (κ3) is 6.49. The molecule has 1 saturated heterocycles. The van der Waals surface area contributed by atoms with Crippen LogP contribution in [-0.2, 0) is 19.6 Å². The largest absolute Gasteiger partial charge is 0.497 e. The molecule has 1 amide bonds. The van der Waals surface area contributed by atoms with E-state index in [1.54, 1.807) is 7.11 Å². The number of ether oxygens (including phenoxy) is 2. The summed E-state index contributed by atoms with van der Waals surface area (Å²) < 4.78 is 38.2. The Hall–Kier alpha value is -4.02. The fourth-order valence-electron chi connectivity index (χ4n) is 5.10. The number of nitrogens with zero attached hydrogens (tertiary/aromatic N) is 3. The van der Waals surface area contributed by atoms with E-state index < -0.39 is 28.5 Å². The average molecular weight is 576 g/mol. The summed E-state index contributed by atoms with van der Waals surface area (Å²) in [6.45, 7) is 0.484. The molecule has 0 spiro atoms. The molecule has 9 nitrogen and oxygen atoms in total. The van der Waals surface area contributed by atoms with Crippen molar-refractivity contribution in [3.05, 3.63) is 95.6 Å². The van der Waals surface area contributed by atoms with Crippen molar-refractivity contribution >= 4 is 27.6 Å². The van der Waals surface area contributed by atoms with E-state index in [4.69, 9.17) is 9.47 Å². The second-order valence-corrected chi connectivity index (χ2v) is 12.0. The minimum absolute atomic E-state index is 0.134. The molecule has 0 N–H and O–H groups in total. The van der Waals surface area contributed by atoms with Gasteiger partial charge in [-0.25, -0.2) is 18.2 Å². The Labute approximate surface area is 240 Å². The average Bonchev–Trinajstić information content (AvgIpc) is 3.27. The first-order valence-electron chi connectivity index (χ1n) is 13.7. The van der Waals surface area contributed by atoms with Gasteiger partial charge in [0.05, 0.1) is 29.3 Å². The van der Waals surface area contributed by atoms with Crippen LogP contribution in [0.2, 0.25) is 0 Å². The highest BCUT2D eigenvalue weighted by atomic mass is 32.2. The topological polar surface area (TPSA) is 106 Å². The number of sulfonamides is 1. The monoisotopic (exact) mass is 575 g/mol. The van der Waals surface area contributed by atoms with Crippen LogP contribution < -0.4 is 4.74 Å². The maximum Gasteiger partial charge on any atom is 0.338 e.